The lowest BCUT2D eigenvalue weighted by atomic mass is 10.2. The number of ether oxygens (including phenoxy) is 1. The number of likely N-dealkylation sites (tertiary alicyclic amines) is 1. The second kappa shape index (κ2) is 5.51. The summed E-state index contributed by atoms with van der Waals surface area (Å²) < 4.78 is 5.16. The molecule has 1 aliphatic heterocycles. The highest BCUT2D eigenvalue weighted by molar-refractivity contribution is 9.09. The number of hydrogen-bond acceptors (Lipinski definition) is 3. The number of aliphatic hydroxyl groups is 1. The third-order valence-electron chi connectivity index (χ3n) is 2.68. The van der Waals surface area contributed by atoms with Gasteiger partial charge in [-0.3, -0.25) is 0 Å². The van der Waals surface area contributed by atoms with Crippen molar-refractivity contribution in [1.82, 2.24) is 4.90 Å². The highest BCUT2D eigenvalue weighted by Gasteiger charge is 2.32. The van der Waals surface area contributed by atoms with Crippen molar-refractivity contribution in [3.8, 4) is 0 Å². The molecule has 1 fully saturated rings. The van der Waals surface area contributed by atoms with E-state index in [2.05, 4.69) is 15.9 Å². The summed E-state index contributed by atoms with van der Waals surface area (Å²) >= 11 is 3.31. The minimum atomic E-state index is -0.515. The summed E-state index contributed by atoms with van der Waals surface area (Å²) in [7, 11) is 0. The number of aliphatic hydroxyl groups excluding tert-OH is 1. The van der Waals surface area contributed by atoms with Crippen LogP contribution in [0.25, 0.3) is 0 Å². The molecular formula is C12H14BrNO3. The van der Waals surface area contributed by atoms with Crippen molar-refractivity contribution < 1.29 is 14.6 Å². The molecule has 0 aromatic heterocycles. The second-order valence-electron chi connectivity index (χ2n) is 4.03. The van der Waals surface area contributed by atoms with Crippen molar-refractivity contribution in [1.29, 1.82) is 0 Å². The van der Waals surface area contributed by atoms with Crippen LogP contribution in [0.4, 0.5) is 4.79 Å². The van der Waals surface area contributed by atoms with E-state index in [1.165, 1.54) is 4.90 Å². The maximum absolute atomic E-state index is 11.7. The van der Waals surface area contributed by atoms with Gasteiger partial charge in [0, 0.05) is 6.54 Å². The van der Waals surface area contributed by atoms with Gasteiger partial charge in [0.15, 0.2) is 0 Å². The van der Waals surface area contributed by atoms with Gasteiger partial charge in [-0.05, 0) is 5.56 Å². The first kappa shape index (κ1) is 12.4. The molecule has 0 aliphatic carbocycles. The zero-order valence-corrected chi connectivity index (χ0v) is 10.8. The van der Waals surface area contributed by atoms with Gasteiger partial charge in [-0.2, -0.15) is 0 Å². The average Bonchev–Trinajstić information content (AvgIpc) is 2.68. The van der Waals surface area contributed by atoms with Crippen LogP contribution in [0.5, 0.6) is 0 Å². The highest BCUT2D eigenvalue weighted by Crippen LogP contribution is 2.18. The molecule has 1 amide bonds. The van der Waals surface area contributed by atoms with Gasteiger partial charge < -0.3 is 14.7 Å². The van der Waals surface area contributed by atoms with E-state index >= 15 is 0 Å². The molecule has 0 radical (unpaired) electrons. The maximum Gasteiger partial charge on any atom is 0.410 e. The van der Waals surface area contributed by atoms with Crippen LogP contribution in [0.2, 0.25) is 0 Å². The van der Waals surface area contributed by atoms with E-state index in [9.17, 15) is 9.90 Å². The fourth-order valence-corrected chi connectivity index (χ4v) is 2.22. The molecule has 2 rings (SSSR count). The number of nitrogens with zero attached hydrogens (tertiary/aromatic N) is 1. The van der Waals surface area contributed by atoms with E-state index in [0.717, 1.165) is 5.56 Å². The van der Waals surface area contributed by atoms with Gasteiger partial charge in [0.2, 0.25) is 0 Å². The zero-order valence-electron chi connectivity index (χ0n) is 9.25. The van der Waals surface area contributed by atoms with Crippen LogP contribution in [-0.2, 0) is 11.3 Å². The molecule has 1 heterocycles. The molecular weight excluding hydrogens is 286 g/mol. The number of carbonyl (C=O) groups excluding carboxylic acids is 1. The Balaban J connectivity index is 1.82. The summed E-state index contributed by atoms with van der Waals surface area (Å²) in [6, 6.07) is 9.52. The van der Waals surface area contributed by atoms with Gasteiger partial charge >= 0.3 is 6.09 Å². The van der Waals surface area contributed by atoms with Crippen molar-refractivity contribution in [2.24, 2.45) is 0 Å². The minimum absolute atomic E-state index is 0.0632. The predicted octanol–water partition coefficient (Wildman–Crippen LogP) is 1.76. The molecule has 2 atom stereocenters. The molecule has 5 heteroatoms. The summed E-state index contributed by atoms with van der Waals surface area (Å²) in [4.78, 5) is 13.1. The Morgan fingerprint density at radius 3 is 2.71 bits per heavy atom. The third-order valence-corrected chi connectivity index (χ3v) is 3.58. The largest absolute Gasteiger partial charge is 0.445 e. The fraction of sp³-hybridized carbons (Fsp3) is 0.417. The monoisotopic (exact) mass is 299 g/mol. The van der Waals surface area contributed by atoms with Crippen molar-refractivity contribution in [3.05, 3.63) is 35.9 Å². The minimum Gasteiger partial charge on any atom is -0.445 e. The highest BCUT2D eigenvalue weighted by atomic mass is 79.9. The summed E-state index contributed by atoms with van der Waals surface area (Å²) in [6.07, 6.45) is -0.894. The molecule has 1 saturated heterocycles. The lowest BCUT2D eigenvalue weighted by molar-refractivity contribution is 0.0972. The van der Waals surface area contributed by atoms with E-state index in [0.29, 0.717) is 13.1 Å². The van der Waals surface area contributed by atoms with Gasteiger partial charge in [-0.25, -0.2) is 4.79 Å². The molecule has 17 heavy (non-hydrogen) atoms. The SMILES string of the molecule is O=C(OCc1ccccc1)N1C[C@@H](O)[C@@H](Br)C1. The van der Waals surface area contributed by atoms with Gasteiger partial charge in [0.1, 0.15) is 6.61 Å². The van der Waals surface area contributed by atoms with E-state index in [1.807, 2.05) is 30.3 Å². The summed E-state index contributed by atoms with van der Waals surface area (Å²) in [5.74, 6) is 0. The maximum atomic E-state index is 11.7. The van der Waals surface area contributed by atoms with Gasteiger partial charge in [-0.1, -0.05) is 46.3 Å². The molecule has 0 saturated carbocycles. The van der Waals surface area contributed by atoms with Crippen molar-refractivity contribution in [3.63, 3.8) is 0 Å². The molecule has 4 nitrogen and oxygen atoms in total. The van der Waals surface area contributed by atoms with Crippen molar-refractivity contribution >= 4 is 22.0 Å². The Bertz CT molecular complexity index is 375. The van der Waals surface area contributed by atoms with E-state index in [1.54, 1.807) is 0 Å². The number of β-amino-alcohol motifs (C(OH)–C–C–N with tert-alkyl or cyclic N) is 1. The standard InChI is InChI=1S/C12H14BrNO3/c13-10-6-14(7-11(10)15)12(16)17-8-9-4-2-1-3-5-9/h1-5,10-11,15H,6-8H2/t10-,11+/m0/s1. The first-order valence-electron chi connectivity index (χ1n) is 5.44. The normalized spacial score (nSPS) is 23.8. The third kappa shape index (κ3) is 3.20. The molecule has 1 aromatic rings. The predicted molar refractivity (Wildman–Crippen MR) is 66.9 cm³/mol. The van der Waals surface area contributed by atoms with Gasteiger partial charge in [-0.15, -0.1) is 0 Å². The lowest BCUT2D eigenvalue weighted by Gasteiger charge is -2.15. The summed E-state index contributed by atoms with van der Waals surface area (Å²) in [6.45, 7) is 1.07. The number of alkyl halides is 1. The second-order valence-corrected chi connectivity index (χ2v) is 5.20. The van der Waals surface area contributed by atoms with Crippen LogP contribution in [0.1, 0.15) is 5.56 Å². The number of carbonyl (C=O) groups is 1. The Labute approximate surface area is 108 Å². The first-order valence-corrected chi connectivity index (χ1v) is 6.36. The summed E-state index contributed by atoms with van der Waals surface area (Å²) in [5, 5.41) is 9.51. The lowest BCUT2D eigenvalue weighted by Crippen LogP contribution is -2.30. The smallest absolute Gasteiger partial charge is 0.410 e. The number of halogens is 1. The fourth-order valence-electron chi connectivity index (χ4n) is 1.71. The zero-order chi connectivity index (χ0) is 12.3. The number of rotatable bonds is 2. The molecule has 1 aromatic carbocycles. The van der Waals surface area contributed by atoms with Crippen molar-refractivity contribution in [2.75, 3.05) is 13.1 Å². The quantitative estimate of drug-likeness (QED) is 0.847. The van der Waals surface area contributed by atoms with Crippen LogP contribution in [0.3, 0.4) is 0 Å². The van der Waals surface area contributed by atoms with Crippen LogP contribution in [0.15, 0.2) is 30.3 Å². The molecule has 0 unspecified atom stereocenters. The Morgan fingerprint density at radius 2 is 2.12 bits per heavy atom. The van der Waals surface area contributed by atoms with Crippen LogP contribution >= 0.6 is 15.9 Å². The van der Waals surface area contributed by atoms with Crippen LogP contribution < -0.4 is 0 Å². The average molecular weight is 300 g/mol. The molecule has 92 valence electrons. The van der Waals surface area contributed by atoms with Gasteiger partial charge in [0.25, 0.3) is 0 Å². The van der Waals surface area contributed by atoms with Crippen LogP contribution in [-0.4, -0.2) is 40.1 Å². The van der Waals surface area contributed by atoms with Gasteiger partial charge in [0.05, 0.1) is 17.5 Å². The van der Waals surface area contributed by atoms with Crippen LogP contribution in [0, 0.1) is 0 Å². The first-order chi connectivity index (χ1) is 8.16. The Morgan fingerprint density at radius 1 is 1.41 bits per heavy atom. The number of benzene rings is 1. The number of hydrogen-bond donors (Lipinski definition) is 1. The van der Waals surface area contributed by atoms with Crippen molar-refractivity contribution in [2.45, 2.75) is 17.5 Å². The van der Waals surface area contributed by atoms with E-state index in [4.69, 9.17) is 4.74 Å². The van der Waals surface area contributed by atoms with E-state index < -0.39 is 6.10 Å². The topological polar surface area (TPSA) is 49.8 Å². The Hall–Kier alpha value is -1.07. The molecule has 1 aliphatic rings. The molecule has 1 N–H and O–H groups in total. The summed E-state index contributed by atoms with van der Waals surface area (Å²) in [5.41, 5.74) is 0.955. The Kier molecular flexibility index (Phi) is 4.02. The molecule has 0 spiro atoms. The molecule has 0 bridgehead atoms. The number of amides is 1. The van der Waals surface area contributed by atoms with E-state index in [-0.39, 0.29) is 17.5 Å².